The zero-order valence-corrected chi connectivity index (χ0v) is 13.0. The average Bonchev–Trinajstić information content (AvgIpc) is 3.19. The normalized spacial score (nSPS) is 18.6. The zero-order valence-electron chi connectivity index (χ0n) is 13.0. The quantitative estimate of drug-likeness (QED) is 0.919. The van der Waals surface area contributed by atoms with Crippen LogP contribution in [0.4, 0.5) is 0 Å². The highest BCUT2D eigenvalue weighted by atomic mass is 16.2. The van der Waals surface area contributed by atoms with Gasteiger partial charge in [-0.1, -0.05) is 0 Å². The number of carbonyl (C=O) groups is 1. The molecule has 0 saturated carbocycles. The summed E-state index contributed by atoms with van der Waals surface area (Å²) in [5, 5.41) is 7.35. The highest BCUT2D eigenvalue weighted by Crippen LogP contribution is 2.26. The van der Waals surface area contributed by atoms with Gasteiger partial charge in [0, 0.05) is 50.1 Å². The molecule has 1 amide bonds. The second-order valence-electron chi connectivity index (χ2n) is 6.06. The fourth-order valence-corrected chi connectivity index (χ4v) is 3.08. The molecule has 2 aromatic heterocycles. The molecule has 1 aliphatic heterocycles. The van der Waals surface area contributed by atoms with Crippen molar-refractivity contribution >= 4 is 5.91 Å². The fourth-order valence-electron chi connectivity index (χ4n) is 3.08. The number of nitrogens with zero attached hydrogens (tertiary/aromatic N) is 4. The maximum atomic E-state index is 12.4. The van der Waals surface area contributed by atoms with Gasteiger partial charge >= 0.3 is 0 Å². The first-order valence-corrected chi connectivity index (χ1v) is 7.98. The number of likely N-dealkylation sites (tertiary alicyclic amines) is 1. The van der Waals surface area contributed by atoms with E-state index in [2.05, 4.69) is 21.2 Å². The van der Waals surface area contributed by atoms with Gasteiger partial charge in [-0.3, -0.25) is 9.89 Å². The van der Waals surface area contributed by atoms with Crippen LogP contribution in [0.5, 0.6) is 0 Å². The van der Waals surface area contributed by atoms with Crippen molar-refractivity contribution in [2.24, 2.45) is 0 Å². The van der Waals surface area contributed by atoms with E-state index in [-0.39, 0.29) is 5.91 Å². The average molecular weight is 301 g/mol. The number of imidazole rings is 1. The topological polar surface area (TPSA) is 66.8 Å². The SMILES string of the molecule is Cc1cc(C2CCCN(C(=O)CCCn3ccnc3)C2)n[nH]1. The molecule has 6 heteroatoms. The lowest BCUT2D eigenvalue weighted by Crippen LogP contribution is -2.39. The molecule has 0 aliphatic carbocycles. The van der Waals surface area contributed by atoms with Gasteiger partial charge in [0.1, 0.15) is 0 Å². The molecule has 118 valence electrons. The Morgan fingerprint density at radius 1 is 1.50 bits per heavy atom. The van der Waals surface area contributed by atoms with E-state index in [0.717, 1.165) is 50.3 Å². The van der Waals surface area contributed by atoms with E-state index < -0.39 is 0 Å². The Hall–Kier alpha value is -2.11. The van der Waals surface area contributed by atoms with E-state index >= 15 is 0 Å². The molecular formula is C16H23N5O. The van der Waals surface area contributed by atoms with Crippen LogP contribution in [0.2, 0.25) is 0 Å². The van der Waals surface area contributed by atoms with Crippen molar-refractivity contribution in [2.75, 3.05) is 13.1 Å². The summed E-state index contributed by atoms with van der Waals surface area (Å²) in [6.07, 6.45) is 9.13. The van der Waals surface area contributed by atoms with Crippen molar-refractivity contribution in [1.82, 2.24) is 24.6 Å². The molecule has 6 nitrogen and oxygen atoms in total. The van der Waals surface area contributed by atoms with Crippen LogP contribution >= 0.6 is 0 Å². The Balaban J connectivity index is 1.49. The summed E-state index contributed by atoms with van der Waals surface area (Å²) in [7, 11) is 0. The molecule has 1 saturated heterocycles. The second-order valence-corrected chi connectivity index (χ2v) is 6.06. The van der Waals surface area contributed by atoms with Crippen LogP contribution in [0.1, 0.15) is 43.0 Å². The summed E-state index contributed by atoms with van der Waals surface area (Å²) < 4.78 is 2.01. The molecule has 0 bridgehead atoms. The summed E-state index contributed by atoms with van der Waals surface area (Å²) in [5.41, 5.74) is 2.17. The van der Waals surface area contributed by atoms with Crippen LogP contribution in [0.3, 0.4) is 0 Å². The number of piperidine rings is 1. The molecule has 22 heavy (non-hydrogen) atoms. The van der Waals surface area contributed by atoms with Crippen LogP contribution in [0, 0.1) is 6.92 Å². The Morgan fingerprint density at radius 3 is 3.14 bits per heavy atom. The minimum Gasteiger partial charge on any atom is -0.342 e. The highest BCUT2D eigenvalue weighted by molar-refractivity contribution is 5.76. The number of nitrogens with one attached hydrogen (secondary N) is 1. The van der Waals surface area contributed by atoms with Crippen molar-refractivity contribution < 1.29 is 4.79 Å². The minimum absolute atomic E-state index is 0.261. The lowest BCUT2D eigenvalue weighted by Gasteiger charge is -2.32. The number of aromatic nitrogens is 4. The third-order valence-corrected chi connectivity index (χ3v) is 4.28. The van der Waals surface area contributed by atoms with Gasteiger partial charge in [0.25, 0.3) is 0 Å². The molecule has 1 N–H and O–H groups in total. The van der Waals surface area contributed by atoms with Crippen LogP contribution in [0.15, 0.2) is 24.8 Å². The predicted octanol–water partition coefficient (Wildman–Crippen LogP) is 2.10. The van der Waals surface area contributed by atoms with Gasteiger partial charge in [0.2, 0.25) is 5.91 Å². The Kier molecular flexibility index (Phi) is 4.56. The first kappa shape index (κ1) is 14.8. The number of hydrogen-bond acceptors (Lipinski definition) is 3. The van der Waals surface area contributed by atoms with E-state index in [1.807, 2.05) is 22.6 Å². The van der Waals surface area contributed by atoms with Crippen molar-refractivity contribution in [2.45, 2.75) is 45.1 Å². The monoisotopic (exact) mass is 301 g/mol. The van der Waals surface area contributed by atoms with Crippen molar-refractivity contribution in [1.29, 1.82) is 0 Å². The molecule has 1 atom stereocenters. The van der Waals surface area contributed by atoms with E-state index in [9.17, 15) is 4.79 Å². The summed E-state index contributed by atoms with van der Waals surface area (Å²) in [6, 6.07) is 2.09. The van der Waals surface area contributed by atoms with Crippen molar-refractivity contribution in [3.05, 3.63) is 36.2 Å². The highest BCUT2D eigenvalue weighted by Gasteiger charge is 2.25. The van der Waals surface area contributed by atoms with E-state index in [4.69, 9.17) is 0 Å². The standard InChI is InChI=1S/C16H23N5O/c1-13-10-15(19-18-13)14-4-2-8-21(11-14)16(22)5-3-7-20-9-6-17-12-20/h6,9-10,12,14H,2-5,7-8,11H2,1H3,(H,18,19). The van der Waals surface area contributed by atoms with Crippen LogP contribution in [-0.2, 0) is 11.3 Å². The van der Waals surface area contributed by atoms with Gasteiger partial charge < -0.3 is 9.47 Å². The summed E-state index contributed by atoms with van der Waals surface area (Å²) in [5.74, 6) is 0.633. The molecule has 3 heterocycles. The lowest BCUT2D eigenvalue weighted by atomic mass is 9.94. The first-order chi connectivity index (χ1) is 10.7. The number of hydrogen-bond donors (Lipinski definition) is 1. The van der Waals surface area contributed by atoms with Crippen LogP contribution in [0.25, 0.3) is 0 Å². The van der Waals surface area contributed by atoms with Gasteiger partial charge in [-0.05, 0) is 32.3 Å². The third-order valence-electron chi connectivity index (χ3n) is 4.28. The van der Waals surface area contributed by atoms with Crippen LogP contribution in [-0.4, -0.2) is 43.6 Å². The van der Waals surface area contributed by atoms with E-state index in [0.29, 0.717) is 12.3 Å². The number of H-pyrrole nitrogens is 1. The van der Waals surface area contributed by atoms with Crippen molar-refractivity contribution in [3.63, 3.8) is 0 Å². The molecule has 0 aromatic carbocycles. The van der Waals surface area contributed by atoms with E-state index in [1.165, 1.54) is 0 Å². The molecule has 0 spiro atoms. The first-order valence-electron chi connectivity index (χ1n) is 7.98. The van der Waals surface area contributed by atoms with Gasteiger partial charge in [0.05, 0.1) is 12.0 Å². The molecular weight excluding hydrogens is 278 g/mol. The molecule has 3 rings (SSSR count). The number of aryl methyl sites for hydroxylation is 2. The molecule has 1 aliphatic rings. The number of aromatic amines is 1. The molecule has 0 radical (unpaired) electrons. The predicted molar refractivity (Wildman–Crippen MR) is 83.3 cm³/mol. The summed E-state index contributed by atoms with van der Waals surface area (Å²) >= 11 is 0. The van der Waals surface area contributed by atoms with Gasteiger partial charge in [-0.2, -0.15) is 5.10 Å². The minimum atomic E-state index is 0.261. The van der Waals surface area contributed by atoms with Crippen LogP contribution < -0.4 is 0 Å². The van der Waals surface area contributed by atoms with Gasteiger partial charge in [-0.15, -0.1) is 0 Å². The number of carbonyl (C=O) groups excluding carboxylic acids is 1. The number of rotatable bonds is 5. The largest absolute Gasteiger partial charge is 0.342 e. The zero-order chi connectivity index (χ0) is 15.4. The van der Waals surface area contributed by atoms with Gasteiger partial charge in [-0.25, -0.2) is 4.98 Å². The Bertz CT molecular complexity index is 604. The maximum Gasteiger partial charge on any atom is 0.222 e. The summed E-state index contributed by atoms with van der Waals surface area (Å²) in [6.45, 7) is 4.54. The molecule has 1 unspecified atom stereocenters. The Labute approximate surface area is 130 Å². The smallest absolute Gasteiger partial charge is 0.222 e. The fraction of sp³-hybridized carbons (Fsp3) is 0.562. The van der Waals surface area contributed by atoms with Crippen molar-refractivity contribution in [3.8, 4) is 0 Å². The molecule has 2 aromatic rings. The summed E-state index contributed by atoms with van der Waals surface area (Å²) in [4.78, 5) is 18.4. The van der Waals surface area contributed by atoms with E-state index in [1.54, 1.807) is 12.5 Å². The maximum absolute atomic E-state index is 12.4. The number of amides is 1. The molecule has 1 fully saturated rings. The Morgan fingerprint density at radius 2 is 2.41 bits per heavy atom. The second kappa shape index (κ2) is 6.77. The third kappa shape index (κ3) is 3.55. The van der Waals surface area contributed by atoms with Gasteiger partial charge in [0.15, 0.2) is 0 Å². The lowest BCUT2D eigenvalue weighted by molar-refractivity contribution is -0.132.